The van der Waals surface area contributed by atoms with Crippen molar-refractivity contribution in [2.75, 3.05) is 7.05 Å². The molecule has 0 spiro atoms. The zero-order valence-electron chi connectivity index (χ0n) is 13.4. The molecule has 0 radical (unpaired) electrons. The Balaban J connectivity index is 1.91. The van der Waals surface area contributed by atoms with Crippen molar-refractivity contribution in [2.24, 2.45) is 11.7 Å². The molecule has 2 aliphatic rings. The van der Waals surface area contributed by atoms with Gasteiger partial charge >= 0.3 is 0 Å². The number of primary amides is 1. The Labute approximate surface area is 135 Å². The van der Waals surface area contributed by atoms with Crippen LogP contribution in [0.15, 0.2) is 36.0 Å². The fourth-order valence-electron chi connectivity index (χ4n) is 3.12. The molecule has 1 aromatic carbocycles. The summed E-state index contributed by atoms with van der Waals surface area (Å²) in [5.74, 6) is -0.510. The van der Waals surface area contributed by atoms with Gasteiger partial charge in [-0.05, 0) is 37.3 Å². The predicted octanol–water partition coefficient (Wildman–Crippen LogP) is 0.579. The van der Waals surface area contributed by atoms with Crippen molar-refractivity contribution in [1.82, 2.24) is 15.8 Å². The van der Waals surface area contributed by atoms with Gasteiger partial charge in [-0.3, -0.25) is 14.6 Å². The van der Waals surface area contributed by atoms with E-state index in [4.69, 9.17) is 5.73 Å². The minimum atomic E-state index is -0.953. The highest BCUT2D eigenvalue weighted by Crippen LogP contribution is 2.44. The molecule has 1 aliphatic carbocycles. The summed E-state index contributed by atoms with van der Waals surface area (Å²) in [5.41, 5.74) is 10.6. The molecule has 1 saturated carbocycles. The first-order valence-corrected chi connectivity index (χ1v) is 7.82. The molecule has 122 valence electrons. The monoisotopic (exact) mass is 314 g/mol. The van der Waals surface area contributed by atoms with E-state index in [2.05, 4.69) is 16.8 Å². The highest BCUT2D eigenvalue weighted by atomic mass is 16.2. The number of carbonyl (C=O) groups is 2. The average molecular weight is 314 g/mol. The van der Waals surface area contributed by atoms with Crippen LogP contribution in [0, 0.1) is 12.8 Å². The Bertz CT molecular complexity index is 681. The molecule has 1 aliphatic heterocycles. The number of hydrazine groups is 1. The van der Waals surface area contributed by atoms with Gasteiger partial charge in [0.2, 0.25) is 5.91 Å². The maximum Gasteiger partial charge on any atom is 0.268 e. The molecule has 1 heterocycles. The molecule has 1 unspecified atom stereocenters. The number of nitrogens with one attached hydrogen (secondary N) is 2. The van der Waals surface area contributed by atoms with Crippen molar-refractivity contribution in [3.8, 4) is 0 Å². The lowest BCUT2D eigenvalue weighted by atomic mass is 9.93. The summed E-state index contributed by atoms with van der Waals surface area (Å²) < 4.78 is 0. The molecule has 23 heavy (non-hydrogen) atoms. The smallest absolute Gasteiger partial charge is 0.268 e. The van der Waals surface area contributed by atoms with E-state index in [0.717, 1.165) is 24.0 Å². The summed E-state index contributed by atoms with van der Waals surface area (Å²) in [6.07, 6.45) is 3.57. The minimum absolute atomic E-state index is 0.155. The van der Waals surface area contributed by atoms with Gasteiger partial charge in [0.25, 0.3) is 5.91 Å². The van der Waals surface area contributed by atoms with Crippen LogP contribution in [0.4, 0.5) is 0 Å². The zero-order valence-corrected chi connectivity index (χ0v) is 13.4. The van der Waals surface area contributed by atoms with Crippen LogP contribution in [-0.2, 0) is 16.1 Å². The number of rotatable bonds is 5. The van der Waals surface area contributed by atoms with E-state index in [0.29, 0.717) is 12.2 Å². The SMILES string of the molecule is CNC(=O)C1=CC(C(N)=O)(C2CC2)NN1Cc1cccc(C)c1. The predicted molar refractivity (Wildman–Crippen MR) is 86.7 cm³/mol. The maximum absolute atomic E-state index is 12.2. The second-order valence-corrected chi connectivity index (χ2v) is 6.30. The third-order valence-electron chi connectivity index (χ3n) is 4.49. The Morgan fingerprint density at radius 1 is 1.43 bits per heavy atom. The van der Waals surface area contributed by atoms with Gasteiger partial charge in [-0.2, -0.15) is 0 Å². The normalized spacial score (nSPS) is 23.6. The summed E-state index contributed by atoms with van der Waals surface area (Å²) in [7, 11) is 1.58. The molecule has 1 aromatic rings. The third kappa shape index (κ3) is 2.82. The molecule has 6 nitrogen and oxygen atoms in total. The molecule has 1 atom stereocenters. The summed E-state index contributed by atoms with van der Waals surface area (Å²) in [6.45, 7) is 2.51. The maximum atomic E-state index is 12.2. The van der Waals surface area contributed by atoms with E-state index in [1.54, 1.807) is 18.1 Å². The number of hydrogen-bond donors (Lipinski definition) is 3. The number of nitrogens with zero attached hydrogens (tertiary/aromatic N) is 1. The quantitative estimate of drug-likeness (QED) is 0.742. The van der Waals surface area contributed by atoms with Crippen molar-refractivity contribution >= 4 is 11.8 Å². The average Bonchev–Trinajstić information content (AvgIpc) is 3.29. The highest BCUT2D eigenvalue weighted by molar-refractivity contribution is 5.97. The van der Waals surface area contributed by atoms with Gasteiger partial charge in [0.1, 0.15) is 11.2 Å². The largest absolute Gasteiger partial charge is 0.368 e. The van der Waals surface area contributed by atoms with Gasteiger partial charge in [0, 0.05) is 7.05 Å². The summed E-state index contributed by atoms with van der Waals surface area (Å²) in [5, 5.41) is 4.36. The Hall–Kier alpha value is -2.34. The highest BCUT2D eigenvalue weighted by Gasteiger charge is 2.53. The van der Waals surface area contributed by atoms with Crippen molar-refractivity contribution in [3.63, 3.8) is 0 Å². The Morgan fingerprint density at radius 3 is 2.74 bits per heavy atom. The van der Waals surface area contributed by atoms with E-state index in [1.165, 1.54) is 0 Å². The Morgan fingerprint density at radius 2 is 2.17 bits per heavy atom. The molecule has 0 saturated heterocycles. The van der Waals surface area contributed by atoms with Gasteiger partial charge in [-0.25, -0.2) is 5.43 Å². The van der Waals surface area contributed by atoms with Crippen LogP contribution in [0.5, 0.6) is 0 Å². The van der Waals surface area contributed by atoms with Crippen LogP contribution < -0.4 is 16.5 Å². The van der Waals surface area contributed by atoms with Gasteiger partial charge in [0.15, 0.2) is 0 Å². The van der Waals surface area contributed by atoms with E-state index in [1.807, 2.05) is 25.1 Å². The first kappa shape index (κ1) is 15.6. The molecule has 2 amide bonds. The number of hydrogen-bond acceptors (Lipinski definition) is 4. The van der Waals surface area contributed by atoms with Crippen molar-refractivity contribution in [1.29, 1.82) is 0 Å². The van der Waals surface area contributed by atoms with Crippen LogP contribution in [0.25, 0.3) is 0 Å². The van der Waals surface area contributed by atoms with E-state index in [-0.39, 0.29) is 11.8 Å². The van der Waals surface area contributed by atoms with Crippen LogP contribution in [0.3, 0.4) is 0 Å². The molecule has 0 aromatic heterocycles. The second-order valence-electron chi connectivity index (χ2n) is 6.30. The van der Waals surface area contributed by atoms with Crippen molar-refractivity contribution in [2.45, 2.75) is 31.8 Å². The summed E-state index contributed by atoms with van der Waals surface area (Å²) in [6, 6.07) is 8.06. The molecule has 0 bridgehead atoms. The summed E-state index contributed by atoms with van der Waals surface area (Å²) in [4.78, 5) is 24.3. The van der Waals surface area contributed by atoms with Gasteiger partial charge in [0.05, 0.1) is 6.54 Å². The van der Waals surface area contributed by atoms with Crippen LogP contribution >= 0.6 is 0 Å². The van der Waals surface area contributed by atoms with Crippen LogP contribution in [0.2, 0.25) is 0 Å². The van der Waals surface area contributed by atoms with Gasteiger partial charge in [-0.1, -0.05) is 29.8 Å². The fourth-order valence-corrected chi connectivity index (χ4v) is 3.12. The summed E-state index contributed by atoms with van der Waals surface area (Å²) >= 11 is 0. The van der Waals surface area contributed by atoms with Gasteiger partial charge in [-0.15, -0.1) is 0 Å². The first-order chi connectivity index (χ1) is 11.0. The molecule has 3 rings (SSSR count). The number of benzene rings is 1. The van der Waals surface area contributed by atoms with E-state index >= 15 is 0 Å². The Kier molecular flexibility index (Phi) is 3.85. The number of aryl methyl sites for hydroxylation is 1. The lowest BCUT2D eigenvalue weighted by Crippen LogP contribution is -2.57. The number of carbonyl (C=O) groups excluding carboxylic acids is 2. The number of amides is 2. The van der Waals surface area contributed by atoms with E-state index < -0.39 is 11.4 Å². The molecular formula is C17H22N4O2. The second kappa shape index (κ2) is 5.70. The minimum Gasteiger partial charge on any atom is -0.368 e. The van der Waals surface area contributed by atoms with Gasteiger partial charge < -0.3 is 11.1 Å². The van der Waals surface area contributed by atoms with Crippen LogP contribution in [-0.4, -0.2) is 29.4 Å². The molecular weight excluding hydrogens is 292 g/mol. The molecule has 4 N–H and O–H groups in total. The lowest BCUT2D eigenvalue weighted by molar-refractivity contribution is -0.125. The third-order valence-corrected chi connectivity index (χ3v) is 4.49. The van der Waals surface area contributed by atoms with Crippen LogP contribution in [0.1, 0.15) is 24.0 Å². The topological polar surface area (TPSA) is 87.5 Å². The van der Waals surface area contributed by atoms with Crippen molar-refractivity contribution in [3.05, 3.63) is 47.2 Å². The van der Waals surface area contributed by atoms with Crippen molar-refractivity contribution < 1.29 is 9.59 Å². The molecule has 6 heteroatoms. The standard InChI is InChI=1S/C17H22N4O2/c1-11-4-3-5-12(8-11)10-21-14(15(22)19-2)9-17(20-21,16(18)23)13-6-7-13/h3-5,8-9,13,20H,6-7,10H2,1-2H3,(H2,18,23)(H,19,22). The number of nitrogens with two attached hydrogens (primary N) is 1. The lowest BCUT2D eigenvalue weighted by Gasteiger charge is -2.29. The molecule has 1 fully saturated rings. The zero-order chi connectivity index (χ0) is 16.6. The number of likely N-dealkylation sites (N-methyl/N-ethyl adjacent to an activating group) is 1. The fraction of sp³-hybridized carbons (Fsp3) is 0.412. The van der Waals surface area contributed by atoms with E-state index in [9.17, 15) is 9.59 Å². The first-order valence-electron chi connectivity index (χ1n) is 7.82.